The Morgan fingerprint density at radius 2 is 2.19 bits per heavy atom. The number of aromatic amines is 1. The molecule has 0 saturated carbocycles. The lowest BCUT2D eigenvalue weighted by atomic mass is 10.0. The highest BCUT2D eigenvalue weighted by molar-refractivity contribution is 5.94. The van der Waals surface area contributed by atoms with Crippen molar-refractivity contribution in [1.29, 1.82) is 0 Å². The highest BCUT2D eigenvalue weighted by atomic mass is 19.3. The largest absolute Gasteiger partial charge is 0.478 e. The van der Waals surface area contributed by atoms with E-state index >= 15 is 0 Å². The Balaban J connectivity index is 2.10. The van der Waals surface area contributed by atoms with Crippen LogP contribution in [0.25, 0.3) is 10.9 Å². The highest BCUT2D eigenvalue weighted by Crippen LogP contribution is 2.21. The van der Waals surface area contributed by atoms with Crippen LogP contribution in [0.1, 0.15) is 29.8 Å². The van der Waals surface area contributed by atoms with Gasteiger partial charge >= 0.3 is 5.97 Å². The summed E-state index contributed by atoms with van der Waals surface area (Å²) >= 11 is 0. The van der Waals surface area contributed by atoms with E-state index in [2.05, 4.69) is 10.3 Å². The van der Waals surface area contributed by atoms with E-state index in [0.717, 1.165) is 23.4 Å². The van der Waals surface area contributed by atoms with Gasteiger partial charge in [-0.3, -0.25) is 0 Å². The number of rotatable bonds is 6. The lowest BCUT2D eigenvalue weighted by Crippen LogP contribution is -2.37. The Bertz CT molecular complexity index is 647. The second kappa shape index (κ2) is 5.81. The molecule has 1 heterocycles. The normalized spacial score (nSPS) is 13.5. The predicted octanol–water partition coefficient (Wildman–Crippen LogP) is 3.04. The Hall–Kier alpha value is -1.95. The first-order chi connectivity index (χ1) is 9.76. The van der Waals surface area contributed by atoms with Crippen molar-refractivity contribution in [2.24, 2.45) is 0 Å². The summed E-state index contributed by atoms with van der Waals surface area (Å²) < 4.78 is 25.6. The molecule has 3 N–H and O–H groups in total. The number of alkyl halides is 2. The second-order valence-electron chi connectivity index (χ2n) is 5.44. The molecule has 4 nitrogen and oxygen atoms in total. The van der Waals surface area contributed by atoms with Crippen LogP contribution >= 0.6 is 0 Å². The summed E-state index contributed by atoms with van der Waals surface area (Å²) in [7, 11) is 0. The monoisotopic (exact) mass is 296 g/mol. The van der Waals surface area contributed by atoms with Crippen molar-refractivity contribution in [3.8, 4) is 0 Å². The van der Waals surface area contributed by atoms with E-state index in [9.17, 15) is 13.6 Å². The maximum Gasteiger partial charge on any atom is 0.335 e. The van der Waals surface area contributed by atoms with Crippen molar-refractivity contribution in [3.63, 3.8) is 0 Å². The molecule has 21 heavy (non-hydrogen) atoms. The van der Waals surface area contributed by atoms with Crippen LogP contribution in [0.15, 0.2) is 24.4 Å². The molecular formula is C15H18F2N2O2. The molecule has 0 radical (unpaired) electrons. The van der Waals surface area contributed by atoms with E-state index in [-0.39, 0.29) is 18.2 Å². The number of fused-ring (bicyclic) bond motifs is 1. The zero-order valence-electron chi connectivity index (χ0n) is 11.9. The fraction of sp³-hybridized carbons (Fsp3) is 0.400. The van der Waals surface area contributed by atoms with Crippen molar-refractivity contribution < 1.29 is 18.7 Å². The van der Waals surface area contributed by atoms with Gasteiger partial charge in [-0.1, -0.05) is 6.07 Å². The Morgan fingerprint density at radius 1 is 1.48 bits per heavy atom. The third-order valence-electron chi connectivity index (χ3n) is 3.30. The molecule has 0 spiro atoms. The van der Waals surface area contributed by atoms with Crippen LogP contribution < -0.4 is 5.32 Å². The quantitative estimate of drug-likeness (QED) is 0.767. The Kier molecular flexibility index (Phi) is 4.27. The lowest BCUT2D eigenvalue weighted by molar-refractivity contribution is 0.0204. The third kappa shape index (κ3) is 4.01. The minimum atomic E-state index is -2.73. The average molecular weight is 296 g/mol. The van der Waals surface area contributed by atoms with Gasteiger partial charge in [0.25, 0.3) is 5.92 Å². The molecule has 1 aromatic heterocycles. The number of nitrogens with one attached hydrogen (secondary N) is 2. The summed E-state index contributed by atoms with van der Waals surface area (Å²) in [4.78, 5) is 13.9. The topological polar surface area (TPSA) is 65.1 Å². The van der Waals surface area contributed by atoms with E-state index in [1.807, 2.05) is 6.92 Å². The molecular weight excluding hydrogens is 278 g/mol. The average Bonchev–Trinajstić information content (AvgIpc) is 2.78. The zero-order chi connectivity index (χ0) is 15.6. The molecule has 0 aliphatic carbocycles. The van der Waals surface area contributed by atoms with Crippen LogP contribution in [0.4, 0.5) is 8.78 Å². The summed E-state index contributed by atoms with van der Waals surface area (Å²) in [6.45, 7) is 2.36. The second-order valence-corrected chi connectivity index (χ2v) is 5.44. The number of carboxylic acid groups (broad SMARTS) is 1. The molecule has 2 rings (SSSR count). The van der Waals surface area contributed by atoms with Gasteiger partial charge in [0.15, 0.2) is 0 Å². The Labute approximate surface area is 121 Å². The number of carbonyl (C=O) groups is 1. The van der Waals surface area contributed by atoms with Gasteiger partial charge in [-0.25, -0.2) is 13.6 Å². The number of carboxylic acids is 1. The standard InChI is InChI=1S/C15H18F2N2O2/c1-9(19-8-15(2,16)17)5-11-7-18-13-6-10(14(20)21)3-4-12(11)13/h3-4,6-7,9,18-19H,5,8H2,1-2H3,(H,20,21). The fourth-order valence-electron chi connectivity index (χ4n) is 2.24. The van der Waals surface area contributed by atoms with Crippen molar-refractivity contribution in [2.75, 3.05) is 6.54 Å². The van der Waals surface area contributed by atoms with Crippen LogP contribution in [0.5, 0.6) is 0 Å². The number of hydrogen-bond acceptors (Lipinski definition) is 2. The van der Waals surface area contributed by atoms with Crippen LogP contribution in [-0.2, 0) is 6.42 Å². The molecule has 114 valence electrons. The molecule has 0 amide bonds. The summed E-state index contributed by atoms with van der Waals surface area (Å²) in [6.07, 6.45) is 2.38. The van der Waals surface area contributed by atoms with Crippen molar-refractivity contribution >= 4 is 16.9 Å². The first-order valence-electron chi connectivity index (χ1n) is 6.71. The van der Waals surface area contributed by atoms with Gasteiger partial charge in [-0.15, -0.1) is 0 Å². The SMILES string of the molecule is CC(Cc1c[nH]c2cc(C(=O)O)ccc12)NCC(C)(F)F. The molecule has 6 heteroatoms. The molecule has 0 aliphatic heterocycles. The molecule has 1 aromatic carbocycles. The maximum atomic E-state index is 12.8. The van der Waals surface area contributed by atoms with E-state index in [4.69, 9.17) is 5.11 Å². The molecule has 0 bridgehead atoms. The zero-order valence-corrected chi connectivity index (χ0v) is 11.9. The van der Waals surface area contributed by atoms with Crippen LogP contribution in [0.3, 0.4) is 0 Å². The molecule has 0 aliphatic rings. The van der Waals surface area contributed by atoms with Crippen LogP contribution in [-0.4, -0.2) is 34.6 Å². The van der Waals surface area contributed by atoms with Gasteiger partial charge < -0.3 is 15.4 Å². The van der Waals surface area contributed by atoms with E-state index in [1.54, 1.807) is 24.4 Å². The van der Waals surface area contributed by atoms with E-state index in [1.165, 1.54) is 0 Å². The van der Waals surface area contributed by atoms with Gasteiger partial charge in [0, 0.05) is 30.1 Å². The fourth-order valence-corrected chi connectivity index (χ4v) is 2.24. The molecule has 1 atom stereocenters. The first-order valence-corrected chi connectivity index (χ1v) is 6.71. The van der Waals surface area contributed by atoms with Crippen molar-refractivity contribution in [3.05, 3.63) is 35.5 Å². The van der Waals surface area contributed by atoms with Crippen molar-refractivity contribution in [2.45, 2.75) is 32.2 Å². The maximum absolute atomic E-state index is 12.8. The van der Waals surface area contributed by atoms with Gasteiger partial charge in [0.2, 0.25) is 0 Å². The summed E-state index contributed by atoms with van der Waals surface area (Å²) in [5.74, 6) is -3.71. The van der Waals surface area contributed by atoms with Gasteiger partial charge in [0.05, 0.1) is 12.1 Å². The summed E-state index contributed by atoms with van der Waals surface area (Å²) in [5.41, 5.74) is 1.92. The predicted molar refractivity (Wildman–Crippen MR) is 77.0 cm³/mol. The summed E-state index contributed by atoms with van der Waals surface area (Å²) in [5, 5.41) is 12.7. The van der Waals surface area contributed by atoms with Crippen LogP contribution in [0, 0.1) is 0 Å². The molecule has 0 fully saturated rings. The third-order valence-corrected chi connectivity index (χ3v) is 3.30. The number of halogens is 2. The number of benzene rings is 1. The molecule has 0 saturated heterocycles. The smallest absolute Gasteiger partial charge is 0.335 e. The highest BCUT2D eigenvalue weighted by Gasteiger charge is 2.21. The minimum absolute atomic E-state index is 0.103. The summed E-state index contributed by atoms with van der Waals surface area (Å²) in [6, 6.07) is 4.75. The number of H-pyrrole nitrogens is 1. The van der Waals surface area contributed by atoms with Gasteiger partial charge in [-0.2, -0.15) is 0 Å². The number of aromatic nitrogens is 1. The van der Waals surface area contributed by atoms with E-state index in [0.29, 0.717) is 6.42 Å². The number of aromatic carboxylic acids is 1. The van der Waals surface area contributed by atoms with Crippen LogP contribution in [0.2, 0.25) is 0 Å². The van der Waals surface area contributed by atoms with Gasteiger partial charge in [-0.05, 0) is 31.0 Å². The minimum Gasteiger partial charge on any atom is -0.478 e. The number of hydrogen-bond donors (Lipinski definition) is 3. The van der Waals surface area contributed by atoms with Crippen molar-refractivity contribution in [1.82, 2.24) is 10.3 Å². The Morgan fingerprint density at radius 3 is 2.81 bits per heavy atom. The lowest BCUT2D eigenvalue weighted by Gasteiger charge is -2.17. The molecule has 2 aromatic rings. The first kappa shape index (κ1) is 15.4. The molecule has 1 unspecified atom stereocenters. The van der Waals surface area contributed by atoms with E-state index < -0.39 is 11.9 Å². The van der Waals surface area contributed by atoms with Gasteiger partial charge in [0.1, 0.15) is 0 Å².